The van der Waals surface area contributed by atoms with Crippen molar-refractivity contribution in [2.75, 3.05) is 0 Å². The fourth-order valence-electron chi connectivity index (χ4n) is 2.16. The van der Waals surface area contributed by atoms with Gasteiger partial charge in [-0.15, -0.1) is 10.2 Å². The quantitative estimate of drug-likeness (QED) is 0.924. The molecular formula is C14H18FN3O. The number of nitrogens with zero attached hydrogens (tertiary/aromatic N) is 3. The molecule has 0 atom stereocenters. The van der Waals surface area contributed by atoms with Crippen LogP contribution in [0.4, 0.5) is 4.39 Å². The van der Waals surface area contributed by atoms with Crippen LogP contribution in [0.2, 0.25) is 0 Å². The SMILES string of the molecule is CC(C)(C)n1c(CO)nnc1Cc1ccccc1F. The number of aliphatic hydroxyl groups excluding tert-OH is 1. The Kier molecular flexibility index (Phi) is 3.66. The van der Waals surface area contributed by atoms with Crippen molar-refractivity contribution in [3.05, 3.63) is 47.3 Å². The lowest BCUT2D eigenvalue weighted by Gasteiger charge is -2.24. The van der Waals surface area contributed by atoms with E-state index in [0.717, 1.165) is 0 Å². The van der Waals surface area contributed by atoms with Crippen molar-refractivity contribution in [1.29, 1.82) is 0 Å². The molecule has 0 radical (unpaired) electrons. The van der Waals surface area contributed by atoms with E-state index in [-0.39, 0.29) is 18.0 Å². The second-order valence-electron chi connectivity index (χ2n) is 5.46. The largest absolute Gasteiger partial charge is 0.388 e. The van der Waals surface area contributed by atoms with Gasteiger partial charge in [0.2, 0.25) is 0 Å². The highest BCUT2D eigenvalue weighted by Gasteiger charge is 2.23. The van der Waals surface area contributed by atoms with Crippen LogP contribution >= 0.6 is 0 Å². The number of rotatable bonds is 3. The summed E-state index contributed by atoms with van der Waals surface area (Å²) in [6, 6.07) is 6.62. The first-order valence-electron chi connectivity index (χ1n) is 6.21. The molecule has 0 aliphatic carbocycles. The molecule has 0 amide bonds. The number of hydrogen-bond donors (Lipinski definition) is 1. The zero-order valence-corrected chi connectivity index (χ0v) is 11.4. The van der Waals surface area contributed by atoms with E-state index in [9.17, 15) is 9.50 Å². The third-order valence-electron chi connectivity index (χ3n) is 2.92. The van der Waals surface area contributed by atoms with Gasteiger partial charge in [0.1, 0.15) is 18.2 Å². The molecule has 0 unspecified atom stereocenters. The smallest absolute Gasteiger partial charge is 0.159 e. The average molecular weight is 263 g/mol. The molecule has 1 heterocycles. The van der Waals surface area contributed by atoms with Crippen molar-refractivity contribution in [3.8, 4) is 0 Å². The van der Waals surface area contributed by atoms with Gasteiger partial charge in [-0.05, 0) is 32.4 Å². The predicted molar refractivity (Wildman–Crippen MR) is 70.1 cm³/mol. The molecular weight excluding hydrogens is 245 g/mol. The summed E-state index contributed by atoms with van der Waals surface area (Å²) in [7, 11) is 0. The van der Waals surface area contributed by atoms with Crippen LogP contribution in [0, 0.1) is 5.82 Å². The van der Waals surface area contributed by atoms with Crippen molar-refractivity contribution in [2.24, 2.45) is 0 Å². The number of hydrogen-bond acceptors (Lipinski definition) is 3. The Bertz CT molecular complexity index is 572. The van der Waals surface area contributed by atoms with Crippen LogP contribution in [0.15, 0.2) is 24.3 Å². The van der Waals surface area contributed by atoms with E-state index in [1.807, 2.05) is 25.3 Å². The van der Waals surface area contributed by atoms with Gasteiger partial charge in [-0.2, -0.15) is 0 Å². The molecule has 0 bridgehead atoms. The van der Waals surface area contributed by atoms with Crippen LogP contribution in [0.3, 0.4) is 0 Å². The predicted octanol–water partition coefficient (Wildman–Crippen LogP) is 2.26. The number of aliphatic hydroxyl groups is 1. The highest BCUT2D eigenvalue weighted by molar-refractivity contribution is 5.21. The summed E-state index contributed by atoms with van der Waals surface area (Å²) in [6.07, 6.45) is 0.358. The number of benzene rings is 1. The topological polar surface area (TPSA) is 50.9 Å². The fraction of sp³-hybridized carbons (Fsp3) is 0.429. The fourth-order valence-corrected chi connectivity index (χ4v) is 2.16. The van der Waals surface area contributed by atoms with Gasteiger partial charge in [0, 0.05) is 12.0 Å². The van der Waals surface area contributed by atoms with E-state index in [0.29, 0.717) is 23.6 Å². The van der Waals surface area contributed by atoms with E-state index < -0.39 is 0 Å². The second kappa shape index (κ2) is 5.09. The minimum atomic E-state index is -0.262. The van der Waals surface area contributed by atoms with Gasteiger partial charge in [-0.1, -0.05) is 18.2 Å². The van der Waals surface area contributed by atoms with Gasteiger partial charge in [-0.25, -0.2) is 4.39 Å². The molecule has 2 aromatic rings. The van der Waals surface area contributed by atoms with Crippen LogP contribution < -0.4 is 0 Å². The molecule has 0 aliphatic rings. The molecule has 2 rings (SSSR count). The van der Waals surface area contributed by atoms with Crippen molar-refractivity contribution in [1.82, 2.24) is 14.8 Å². The summed E-state index contributed by atoms with van der Waals surface area (Å²) in [5.74, 6) is 0.900. The molecule has 0 saturated heterocycles. The van der Waals surface area contributed by atoms with Crippen LogP contribution in [0.1, 0.15) is 38.0 Å². The Morgan fingerprint density at radius 3 is 2.37 bits per heavy atom. The summed E-state index contributed by atoms with van der Waals surface area (Å²) < 4.78 is 15.5. The Balaban J connectivity index is 2.42. The molecule has 0 saturated carbocycles. The molecule has 102 valence electrons. The van der Waals surface area contributed by atoms with E-state index in [4.69, 9.17) is 0 Å². The van der Waals surface area contributed by atoms with Crippen LogP contribution in [0.25, 0.3) is 0 Å². The van der Waals surface area contributed by atoms with Crippen LogP contribution in [-0.4, -0.2) is 19.9 Å². The molecule has 0 spiro atoms. The van der Waals surface area contributed by atoms with Crippen molar-refractivity contribution in [2.45, 2.75) is 39.3 Å². The molecule has 1 N–H and O–H groups in total. The van der Waals surface area contributed by atoms with Crippen molar-refractivity contribution < 1.29 is 9.50 Å². The first kappa shape index (κ1) is 13.7. The number of aromatic nitrogens is 3. The lowest BCUT2D eigenvalue weighted by Crippen LogP contribution is -2.26. The van der Waals surface area contributed by atoms with Gasteiger partial charge in [-0.3, -0.25) is 0 Å². The maximum absolute atomic E-state index is 13.7. The highest BCUT2D eigenvalue weighted by atomic mass is 19.1. The third kappa shape index (κ3) is 2.81. The van der Waals surface area contributed by atoms with Gasteiger partial charge in [0.15, 0.2) is 5.82 Å². The van der Waals surface area contributed by atoms with Crippen LogP contribution in [-0.2, 0) is 18.6 Å². The molecule has 1 aromatic heterocycles. The summed E-state index contributed by atoms with van der Waals surface area (Å²) in [4.78, 5) is 0. The second-order valence-corrected chi connectivity index (χ2v) is 5.46. The summed E-state index contributed by atoms with van der Waals surface area (Å²) >= 11 is 0. The maximum Gasteiger partial charge on any atom is 0.159 e. The van der Waals surface area contributed by atoms with E-state index in [1.54, 1.807) is 18.2 Å². The van der Waals surface area contributed by atoms with Crippen molar-refractivity contribution in [3.63, 3.8) is 0 Å². The standard InChI is InChI=1S/C14H18FN3O/c1-14(2,3)18-12(16-17-13(18)9-19)8-10-6-4-5-7-11(10)15/h4-7,19H,8-9H2,1-3H3. The summed E-state index contributed by atoms with van der Waals surface area (Å²) in [5.41, 5.74) is 0.312. The van der Waals surface area contributed by atoms with Gasteiger partial charge in [0.05, 0.1) is 0 Å². The molecule has 0 fully saturated rings. The zero-order chi connectivity index (χ0) is 14.0. The van der Waals surface area contributed by atoms with E-state index in [1.165, 1.54) is 6.07 Å². The minimum absolute atomic E-state index is 0.179. The minimum Gasteiger partial charge on any atom is -0.388 e. The first-order chi connectivity index (χ1) is 8.93. The average Bonchev–Trinajstić information content (AvgIpc) is 2.75. The highest BCUT2D eigenvalue weighted by Crippen LogP contribution is 2.21. The van der Waals surface area contributed by atoms with Crippen LogP contribution in [0.5, 0.6) is 0 Å². The van der Waals surface area contributed by atoms with Gasteiger partial charge >= 0.3 is 0 Å². The summed E-state index contributed by atoms with van der Waals surface area (Å²) in [6.45, 7) is 5.82. The van der Waals surface area contributed by atoms with Crippen molar-refractivity contribution >= 4 is 0 Å². The summed E-state index contributed by atoms with van der Waals surface area (Å²) in [5, 5.41) is 17.4. The first-order valence-corrected chi connectivity index (χ1v) is 6.21. The Hall–Kier alpha value is -1.75. The Labute approximate surface area is 111 Å². The third-order valence-corrected chi connectivity index (χ3v) is 2.92. The van der Waals surface area contributed by atoms with Gasteiger partial charge < -0.3 is 9.67 Å². The lowest BCUT2D eigenvalue weighted by atomic mass is 10.1. The molecule has 4 nitrogen and oxygen atoms in total. The molecule has 1 aromatic carbocycles. The van der Waals surface area contributed by atoms with E-state index >= 15 is 0 Å². The lowest BCUT2D eigenvalue weighted by molar-refractivity contribution is 0.248. The Morgan fingerprint density at radius 2 is 1.79 bits per heavy atom. The molecule has 5 heteroatoms. The molecule has 0 aliphatic heterocycles. The normalized spacial score (nSPS) is 11.8. The van der Waals surface area contributed by atoms with Gasteiger partial charge in [0.25, 0.3) is 0 Å². The maximum atomic E-state index is 13.7. The van der Waals surface area contributed by atoms with E-state index in [2.05, 4.69) is 10.2 Å². The monoisotopic (exact) mass is 263 g/mol. The Morgan fingerprint density at radius 1 is 1.16 bits per heavy atom. The zero-order valence-electron chi connectivity index (χ0n) is 11.4. The number of halogens is 1. The molecule has 19 heavy (non-hydrogen) atoms.